The quantitative estimate of drug-likeness (QED) is 0.875. The Morgan fingerprint density at radius 3 is 2.28 bits per heavy atom. The van der Waals surface area contributed by atoms with Crippen LogP contribution in [0.4, 0.5) is 8.78 Å². The molecule has 0 fully saturated rings. The van der Waals surface area contributed by atoms with Gasteiger partial charge in [0, 0.05) is 10.6 Å². The van der Waals surface area contributed by atoms with Crippen molar-refractivity contribution in [2.24, 2.45) is 5.73 Å². The van der Waals surface area contributed by atoms with Gasteiger partial charge in [-0.3, -0.25) is 0 Å². The first-order chi connectivity index (χ1) is 8.50. The monoisotopic (exact) mass is 267 g/mol. The summed E-state index contributed by atoms with van der Waals surface area (Å²) in [5, 5.41) is 0.597. The van der Waals surface area contributed by atoms with Gasteiger partial charge in [0.15, 0.2) is 0 Å². The van der Waals surface area contributed by atoms with Crippen LogP contribution in [-0.4, -0.2) is 0 Å². The van der Waals surface area contributed by atoms with Gasteiger partial charge in [-0.2, -0.15) is 0 Å². The predicted octanol–water partition coefficient (Wildman–Crippen LogP) is 3.97. The summed E-state index contributed by atoms with van der Waals surface area (Å²) in [4.78, 5) is 0. The Morgan fingerprint density at radius 2 is 1.72 bits per heavy atom. The Morgan fingerprint density at radius 1 is 1.11 bits per heavy atom. The van der Waals surface area contributed by atoms with Gasteiger partial charge in [0.25, 0.3) is 0 Å². The first-order valence-corrected chi connectivity index (χ1v) is 5.84. The summed E-state index contributed by atoms with van der Waals surface area (Å²) in [7, 11) is 0. The van der Waals surface area contributed by atoms with Gasteiger partial charge < -0.3 is 5.73 Å². The topological polar surface area (TPSA) is 26.0 Å². The molecule has 0 heterocycles. The fraction of sp³-hybridized carbons (Fsp3) is 0.143. The van der Waals surface area contributed by atoms with E-state index in [1.165, 1.54) is 18.2 Å². The summed E-state index contributed by atoms with van der Waals surface area (Å²) in [6.45, 7) is 1.82. The molecule has 2 aromatic carbocycles. The maximum Gasteiger partial charge on any atom is 0.131 e. The van der Waals surface area contributed by atoms with E-state index in [9.17, 15) is 8.78 Å². The molecule has 0 aliphatic carbocycles. The van der Waals surface area contributed by atoms with Crippen molar-refractivity contribution in [3.8, 4) is 0 Å². The molecule has 1 nitrogen and oxygen atoms in total. The molecule has 0 aliphatic heterocycles. The molecule has 2 aromatic rings. The lowest BCUT2D eigenvalue weighted by Gasteiger charge is -2.15. The predicted molar refractivity (Wildman–Crippen MR) is 68.6 cm³/mol. The van der Waals surface area contributed by atoms with E-state index in [0.717, 1.165) is 5.56 Å². The normalized spacial score (nSPS) is 12.5. The number of rotatable bonds is 2. The summed E-state index contributed by atoms with van der Waals surface area (Å²) in [5.74, 6) is -1.29. The summed E-state index contributed by atoms with van der Waals surface area (Å²) >= 11 is 5.90. The molecule has 94 valence electrons. The minimum atomic E-state index is -0.845. The fourth-order valence-corrected chi connectivity index (χ4v) is 1.95. The molecule has 2 rings (SSSR count). The second-order valence-electron chi connectivity index (χ2n) is 4.12. The second-order valence-corrected chi connectivity index (χ2v) is 4.53. The summed E-state index contributed by atoms with van der Waals surface area (Å²) in [6.07, 6.45) is 0. The summed E-state index contributed by atoms with van der Waals surface area (Å²) in [5.41, 5.74) is 7.23. The van der Waals surface area contributed by atoms with Crippen LogP contribution in [0.1, 0.15) is 22.7 Å². The second kappa shape index (κ2) is 5.04. The van der Waals surface area contributed by atoms with Gasteiger partial charge in [0.1, 0.15) is 11.6 Å². The van der Waals surface area contributed by atoms with Crippen molar-refractivity contribution in [2.75, 3.05) is 0 Å². The van der Waals surface area contributed by atoms with Gasteiger partial charge in [0.05, 0.1) is 6.04 Å². The number of nitrogens with two attached hydrogens (primary N) is 1. The maximum absolute atomic E-state index is 13.6. The van der Waals surface area contributed by atoms with Crippen molar-refractivity contribution in [1.82, 2.24) is 0 Å². The van der Waals surface area contributed by atoms with Gasteiger partial charge >= 0.3 is 0 Å². The molecule has 0 saturated carbocycles. The van der Waals surface area contributed by atoms with Crippen molar-refractivity contribution in [3.05, 3.63) is 69.7 Å². The van der Waals surface area contributed by atoms with Crippen LogP contribution in [0.25, 0.3) is 0 Å². The molecule has 0 saturated heterocycles. The van der Waals surface area contributed by atoms with Crippen molar-refractivity contribution >= 4 is 11.6 Å². The van der Waals surface area contributed by atoms with Crippen molar-refractivity contribution in [1.29, 1.82) is 0 Å². The number of aryl methyl sites for hydroxylation is 1. The number of benzene rings is 2. The van der Waals surface area contributed by atoms with E-state index < -0.39 is 17.7 Å². The Hall–Kier alpha value is -1.45. The van der Waals surface area contributed by atoms with Crippen LogP contribution in [0.2, 0.25) is 5.02 Å². The van der Waals surface area contributed by atoms with Crippen molar-refractivity contribution in [3.63, 3.8) is 0 Å². The lowest BCUT2D eigenvalue weighted by Crippen LogP contribution is -2.15. The molecule has 0 aromatic heterocycles. The highest BCUT2D eigenvalue weighted by Gasteiger charge is 2.18. The smallest absolute Gasteiger partial charge is 0.131 e. The SMILES string of the molecule is Cc1cc(C(N)c2c(F)cccc2F)ccc1Cl. The first kappa shape index (κ1) is 13.0. The van der Waals surface area contributed by atoms with E-state index in [1.807, 2.05) is 6.92 Å². The van der Waals surface area contributed by atoms with Crippen LogP contribution in [0.3, 0.4) is 0 Å². The molecular weight excluding hydrogens is 256 g/mol. The van der Waals surface area contributed by atoms with Crippen LogP contribution < -0.4 is 5.73 Å². The lowest BCUT2D eigenvalue weighted by molar-refractivity contribution is 0.543. The largest absolute Gasteiger partial charge is 0.320 e. The van der Waals surface area contributed by atoms with Crippen molar-refractivity contribution < 1.29 is 8.78 Å². The van der Waals surface area contributed by atoms with Crippen LogP contribution in [0, 0.1) is 18.6 Å². The highest BCUT2D eigenvalue weighted by Crippen LogP contribution is 2.27. The van der Waals surface area contributed by atoms with Crippen LogP contribution >= 0.6 is 11.6 Å². The number of hydrogen-bond donors (Lipinski definition) is 1. The summed E-state index contributed by atoms with van der Waals surface area (Å²) < 4.78 is 27.2. The molecule has 2 N–H and O–H groups in total. The highest BCUT2D eigenvalue weighted by atomic mass is 35.5. The third kappa shape index (κ3) is 2.37. The average molecular weight is 268 g/mol. The van der Waals surface area contributed by atoms with Gasteiger partial charge in [-0.15, -0.1) is 0 Å². The highest BCUT2D eigenvalue weighted by molar-refractivity contribution is 6.31. The Labute approximate surface area is 109 Å². The molecule has 0 radical (unpaired) electrons. The number of halogens is 3. The van der Waals surface area contributed by atoms with Crippen LogP contribution in [0.15, 0.2) is 36.4 Å². The molecular formula is C14H12ClF2N. The number of hydrogen-bond acceptors (Lipinski definition) is 1. The van der Waals surface area contributed by atoms with Crippen LogP contribution in [0.5, 0.6) is 0 Å². The van der Waals surface area contributed by atoms with Gasteiger partial charge in [-0.25, -0.2) is 8.78 Å². The zero-order chi connectivity index (χ0) is 13.3. The molecule has 1 atom stereocenters. The lowest BCUT2D eigenvalue weighted by atomic mass is 9.97. The first-order valence-electron chi connectivity index (χ1n) is 5.46. The zero-order valence-electron chi connectivity index (χ0n) is 9.75. The average Bonchev–Trinajstić information content (AvgIpc) is 2.32. The van der Waals surface area contributed by atoms with E-state index in [2.05, 4.69) is 0 Å². The van der Waals surface area contributed by atoms with Crippen molar-refractivity contribution in [2.45, 2.75) is 13.0 Å². The van der Waals surface area contributed by atoms with E-state index in [1.54, 1.807) is 18.2 Å². The minimum Gasteiger partial charge on any atom is -0.320 e. The van der Waals surface area contributed by atoms with Crippen LogP contribution in [-0.2, 0) is 0 Å². The molecule has 1 unspecified atom stereocenters. The standard InChI is InChI=1S/C14H12ClF2N/c1-8-7-9(5-6-10(8)15)14(18)13-11(16)3-2-4-12(13)17/h2-7,14H,18H2,1H3. The maximum atomic E-state index is 13.6. The molecule has 0 amide bonds. The minimum absolute atomic E-state index is 0.126. The summed E-state index contributed by atoms with van der Waals surface area (Å²) in [6, 6.07) is 7.94. The van der Waals surface area contributed by atoms with E-state index in [0.29, 0.717) is 10.6 Å². The fourth-order valence-electron chi connectivity index (χ4n) is 1.84. The van der Waals surface area contributed by atoms with E-state index in [-0.39, 0.29) is 5.56 Å². The molecule has 0 spiro atoms. The third-order valence-electron chi connectivity index (χ3n) is 2.85. The molecule has 4 heteroatoms. The zero-order valence-corrected chi connectivity index (χ0v) is 10.5. The Bertz CT molecular complexity index is 564. The Balaban J connectivity index is 2.48. The van der Waals surface area contributed by atoms with Gasteiger partial charge in [0.2, 0.25) is 0 Å². The molecule has 0 aliphatic rings. The van der Waals surface area contributed by atoms with E-state index >= 15 is 0 Å². The third-order valence-corrected chi connectivity index (χ3v) is 3.28. The molecule has 0 bridgehead atoms. The Kier molecular flexibility index (Phi) is 3.64. The molecule has 18 heavy (non-hydrogen) atoms. The van der Waals surface area contributed by atoms with Gasteiger partial charge in [-0.1, -0.05) is 29.8 Å². The van der Waals surface area contributed by atoms with Gasteiger partial charge in [-0.05, 0) is 36.2 Å². The van der Waals surface area contributed by atoms with E-state index in [4.69, 9.17) is 17.3 Å².